The van der Waals surface area contributed by atoms with E-state index in [1.165, 1.54) is 0 Å². The Hall–Kier alpha value is -3.16. The molecule has 164 valence electrons. The molecule has 2 aliphatic heterocycles. The minimum Gasteiger partial charge on any atom is -0.345 e. The number of nitrogens with zero attached hydrogens (tertiary/aromatic N) is 4. The molecule has 2 saturated heterocycles. The molecule has 4 rings (SSSR count). The summed E-state index contributed by atoms with van der Waals surface area (Å²) in [5.41, 5.74) is 2.42. The van der Waals surface area contributed by atoms with Gasteiger partial charge in [0.25, 0.3) is 5.91 Å². The number of nitrogens with one attached hydrogen (secondary N) is 1. The van der Waals surface area contributed by atoms with Gasteiger partial charge in [0.2, 0.25) is 11.8 Å². The molecule has 0 aliphatic carbocycles. The zero-order valence-corrected chi connectivity index (χ0v) is 18.1. The van der Waals surface area contributed by atoms with Crippen LogP contribution in [-0.2, 0) is 16.1 Å². The number of aromatic amines is 1. The predicted molar refractivity (Wildman–Crippen MR) is 115 cm³/mol. The number of carbonyl (C=O) groups is 3. The summed E-state index contributed by atoms with van der Waals surface area (Å²) in [7, 11) is 3.53. The number of likely N-dealkylation sites (tertiary alicyclic amines) is 2. The van der Waals surface area contributed by atoms with Gasteiger partial charge in [-0.25, -0.2) is 0 Å². The lowest BCUT2D eigenvalue weighted by molar-refractivity contribution is -0.137. The molecule has 1 aromatic heterocycles. The Morgan fingerprint density at radius 1 is 1.23 bits per heavy atom. The fraction of sp³-hybridized carbons (Fsp3) is 0.478. The number of H-pyrrole nitrogens is 1. The van der Waals surface area contributed by atoms with Crippen LogP contribution < -0.4 is 0 Å². The highest BCUT2D eigenvalue weighted by Crippen LogP contribution is 2.30. The highest BCUT2D eigenvalue weighted by Gasteiger charge is 2.37. The highest BCUT2D eigenvalue weighted by atomic mass is 16.2. The standard InChI is InChI=1S/C23H29N5O3/c1-26-14-18(11-20(26)29)22(30)28-10-6-9-17(15-28)21-19(12-24-25-21)23(31)27(2)13-16-7-4-3-5-8-16/h3-5,7-8,12,17-18H,6,9-11,13-15H2,1-2H3,(H,24,25)/t17-,18+/m1/s1. The van der Waals surface area contributed by atoms with Crippen LogP contribution in [0, 0.1) is 5.92 Å². The van der Waals surface area contributed by atoms with Gasteiger partial charge in [-0.05, 0) is 18.4 Å². The molecule has 2 aromatic rings. The van der Waals surface area contributed by atoms with Gasteiger partial charge in [0.1, 0.15) is 0 Å². The van der Waals surface area contributed by atoms with Crippen molar-refractivity contribution in [3.05, 3.63) is 53.3 Å². The van der Waals surface area contributed by atoms with Gasteiger partial charge in [-0.1, -0.05) is 30.3 Å². The van der Waals surface area contributed by atoms with Gasteiger partial charge in [-0.15, -0.1) is 0 Å². The van der Waals surface area contributed by atoms with E-state index in [0.717, 1.165) is 24.1 Å². The van der Waals surface area contributed by atoms with E-state index in [1.807, 2.05) is 35.2 Å². The quantitative estimate of drug-likeness (QED) is 0.795. The Labute approximate surface area is 182 Å². The van der Waals surface area contributed by atoms with E-state index >= 15 is 0 Å². The molecule has 0 unspecified atom stereocenters. The van der Waals surface area contributed by atoms with Crippen LogP contribution in [0.15, 0.2) is 36.5 Å². The van der Waals surface area contributed by atoms with Crippen molar-refractivity contribution in [2.45, 2.75) is 31.7 Å². The summed E-state index contributed by atoms with van der Waals surface area (Å²) < 4.78 is 0. The second-order valence-electron chi connectivity index (χ2n) is 8.64. The minimum absolute atomic E-state index is 0.0230. The Bertz CT molecular complexity index is 957. The molecule has 8 heteroatoms. The SMILES string of the molecule is CN1C[C@@H](C(=O)N2CCC[C@@H](c3[nH]ncc3C(=O)N(C)Cc3ccccc3)C2)CC1=O. The Kier molecular flexibility index (Phi) is 6.06. The second-order valence-corrected chi connectivity index (χ2v) is 8.64. The smallest absolute Gasteiger partial charge is 0.257 e. The molecule has 2 aliphatic rings. The normalized spacial score (nSPS) is 21.4. The first kappa shape index (κ1) is 21.1. The fourth-order valence-corrected chi connectivity index (χ4v) is 4.61. The van der Waals surface area contributed by atoms with E-state index < -0.39 is 0 Å². The van der Waals surface area contributed by atoms with Gasteiger partial charge in [-0.3, -0.25) is 19.5 Å². The highest BCUT2D eigenvalue weighted by molar-refractivity contribution is 5.95. The number of hydrogen-bond donors (Lipinski definition) is 1. The third-order valence-corrected chi connectivity index (χ3v) is 6.34. The third kappa shape index (κ3) is 4.47. The van der Waals surface area contributed by atoms with Crippen LogP contribution in [0.25, 0.3) is 0 Å². The van der Waals surface area contributed by atoms with Gasteiger partial charge in [0.05, 0.1) is 23.4 Å². The number of piperidine rings is 1. The van der Waals surface area contributed by atoms with Crippen LogP contribution in [0.5, 0.6) is 0 Å². The van der Waals surface area contributed by atoms with Gasteiger partial charge in [-0.2, -0.15) is 5.10 Å². The summed E-state index contributed by atoms with van der Waals surface area (Å²) in [6.45, 7) is 2.23. The molecule has 3 amide bonds. The van der Waals surface area contributed by atoms with E-state index in [9.17, 15) is 14.4 Å². The number of amides is 3. The van der Waals surface area contributed by atoms with Crippen LogP contribution in [0.3, 0.4) is 0 Å². The molecule has 0 radical (unpaired) electrons. The molecular weight excluding hydrogens is 394 g/mol. The van der Waals surface area contributed by atoms with Crippen molar-refractivity contribution in [1.82, 2.24) is 24.9 Å². The number of rotatable bonds is 5. The van der Waals surface area contributed by atoms with Gasteiger partial charge < -0.3 is 14.7 Å². The van der Waals surface area contributed by atoms with Crippen LogP contribution in [0.2, 0.25) is 0 Å². The maximum atomic E-state index is 13.1. The van der Waals surface area contributed by atoms with Crippen molar-refractivity contribution >= 4 is 17.7 Å². The topological polar surface area (TPSA) is 89.6 Å². The fourth-order valence-electron chi connectivity index (χ4n) is 4.61. The first-order valence-corrected chi connectivity index (χ1v) is 10.8. The molecule has 1 N–H and O–H groups in total. The molecule has 2 atom stereocenters. The summed E-state index contributed by atoms with van der Waals surface area (Å²) in [6, 6.07) is 9.86. The Balaban J connectivity index is 1.44. The molecular formula is C23H29N5O3. The number of hydrogen-bond acceptors (Lipinski definition) is 4. The number of aromatic nitrogens is 2. The third-order valence-electron chi connectivity index (χ3n) is 6.34. The molecule has 31 heavy (non-hydrogen) atoms. The second kappa shape index (κ2) is 8.91. The summed E-state index contributed by atoms with van der Waals surface area (Å²) >= 11 is 0. The zero-order valence-electron chi connectivity index (χ0n) is 18.1. The predicted octanol–water partition coefficient (Wildman–Crippen LogP) is 1.87. The molecule has 0 saturated carbocycles. The van der Waals surface area contributed by atoms with E-state index in [4.69, 9.17) is 0 Å². The average Bonchev–Trinajstić information content (AvgIpc) is 3.40. The van der Waals surface area contributed by atoms with Crippen molar-refractivity contribution in [3.63, 3.8) is 0 Å². The van der Waals surface area contributed by atoms with Crippen molar-refractivity contribution in [3.8, 4) is 0 Å². The van der Waals surface area contributed by atoms with Crippen molar-refractivity contribution < 1.29 is 14.4 Å². The lowest BCUT2D eigenvalue weighted by Crippen LogP contribution is -2.43. The monoisotopic (exact) mass is 423 g/mol. The summed E-state index contributed by atoms with van der Waals surface area (Å²) in [5, 5.41) is 7.17. The molecule has 2 fully saturated rings. The van der Waals surface area contributed by atoms with Crippen LogP contribution >= 0.6 is 0 Å². The molecule has 3 heterocycles. The zero-order chi connectivity index (χ0) is 22.0. The molecule has 0 spiro atoms. The van der Waals surface area contributed by atoms with E-state index in [1.54, 1.807) is 30.1 Å². The first-order valence-electron chi connectivity index (χ1n) is 10.8. The van der Waals surface area contributed by atoms with E-state index in [0.29, 0.717) is 31.7 Å². The maximum Gasteiger partial charge on any atom is 0.257 e. The Morgan fingerprint density at radius 3 is 2.71 bits per heavy atom. The van der Waals surface area contributed by atoms with Gasteiger partial charge >= 0.3 is 0 Å². The lowest BCUT2D eigenvalue weighted by Gasteiger charge is -2.34. The molecule has 0 bridgehead atoms. The van der Waals surface area contributed by atoms with Crippen molar-refractivity contribution in [1.29, 1.82) is 0 Å². The van der Waals surface area contributed by atoms with E-state index in [2.05, 4.69) is 10.2 Å². The van der Waals surface area contributed by atoms with Crippen LogP contribution in [0.1, 0.15) is 46.8 Å². The van der Waals surface area contributed by atoms with Crippen molar-refractivity contribution in [2.24, 2.45) is 5.92 Å². The average molecular weight is 424 g/mol. The number of carbonyl (C=O) groups excluding carboxylic acids is 3. The number of benzene rings is 1. The minimum atomic E-state index is -0.267. The lowest BCUT2D eigenvalue weighted by atomic mass is 9.91. The summed E-state index contributed by atoms with van der Waals surface area (Å²) in [4.78, 5) is 43.1. The van der Waals surface area contributed by atoms with Crippen molar-refractivity contribution in [2.75, 3.05) is 33.7 Å². The van der Waals surface area contributed by atoms with Crippen LogP contribution in [-0.4, -0.2) is 76.3 Å². The van der Waals surface area contributed by atoms with E-state index in [-0.39, 0.29) is 36.0 Å². The largest absolute Gasteiger partial charge is 0.345 e. The van der Waals surface area contributed by atoms with Gasteiger partial charge in [0.15, 0.2) is 0 Å². The summed E-state index contributed by atoms with van der Waals surface area (Å²) in [5.74, 6) is -0.264. The molecule has 1 aromatic carbocycles. The first-order chi connectivity index (χ1) is 14.9. The van der Waals surface area contributed by atoms with Gasteiger partial charge in [0, 0.05) is 52.6 Å². The van der Waals surface area contributed by atoms with Crippen LogP contribution in [0.4, 0.5) is 0 Å². The Morgan fingerprint density at radius 2 is 2.00 bits per heavy atom. The molecule has 8 nitrogen and oxygen atoms in total. The summed E-state index contributed by atoms with van der Waals surface area (Å²) in [6.07, 6.45) is 3.62. The maximum absolute atomic E-state index is 13.1.